The molecule has 0 fully saturated rings. The number of nitrogens with one attached hydrogen (secondary N) is 1. The van der Waals surface area contributed by atoms with E-state index in [1.807, 2.05) is 24.4 Å². The minimum absolute atomic E-state index is 0.0361. The van der Waals surface area contributed by atoms with E-state index in [1.54, 1.807) is 36.4 Å². The first-order valence-electron chi connectivity index (χ1n) is 9.07. The van der Waals surface area contributed by atoms with Crippen molar-refractivity contribution in [2.45, 2.75) is 6.92 Å². The van der Waals surface area contributed by atoms with Crippen LogP contribution < -0.4 is 5.32 Å². The van der Waals surface area contributed by atoms with Gasteiger partial charge in [-0.05, 0) is 25.1 Å². The molecule has 0 spiro atoms. The fourth-order valence-electron chi connectivity index (χ4n) is 3.21. The van der Waals surface area contributed by atoms with Gasteiger partial charge in [0.25, 0.3) is 5.91 Å². The maximum Gasteiger partial charge on any atom is 0.256 e. The molecule has 1 N–H and O–H groups in total. The molecule has 1 heterocycles. The highest BCUT2D eigenvalue weighted by Crippen LogP contribution is 2.30. The summed E-state index contributed by atoms with van der Waals surface area (Å²) in [6, 6.07) is 15.2. The number of aromatic nitrogens is 1. The minimum Gasteiger partial charge on any atom is -0.317 e. The van der Waals surface area contributed by atoms with Crippen molar-refractivity contribution < 1.29 is 26.7 Å². The quantitative estimate of drug-likeness (QED) is 0.241. The third-order valence-corrected chi connectivity index (χ3v) is 4.72. The van der Waals surface area contributed by atoms with E-state index in [-0.39, 0.29) is 5.56 Å². The third-order valence-electron chi connectivity index (χ3n) is 4.72. The molecule has 1 amide bonds. The van der Waals surface area contributed by atoms with Crippen molar-refractivity contribution in [3.63, 3.8) is 0 Å². The average Bonchev–Trinajstić information content (AvgIpc) is 2.78. The Labute approximate surface area is 173 Å². The van der Waals surface area contributed by atoms with Crippen molar-refractivity contribution in [1.29, 1.82) is 0 Å². The van der Waals surface area contributed by atoms with Gasteiger partial charge in [0.05, 0.1) is 16.8 Å². The highest BCUT2D eigenvalue weighted by molar-refractivity contribution is 6.13. The predicted molar refractivity (Wildman–Crippen MR) is 106 cm³/mol. The summed E-state index contributed by atoms with van der Waals surface area (Å²) >= 11 is 0. The lowest BCUT2D eigenvalue weighted by Crippen LogP contribution is -2.17. The van der Waals surface area contributed by atoms with Gasteiger partial charge in [-0.2, -0.15) is 0 Å². The zero-order valence-corrected chi connectivity index (χ0v) is 15.9. The van der Waals surface area contributed by atoms with Crippen molar-refractivity contribution in [2.75, 3.05) is 5.32 Å². The van der Waals surface area contributed by atoms with Crippen molar-refractivity contribution in [3.05, 3.63) is 94.8 Å². The van der Waals surface area contributed by atoms with E-state index in [1.165, 1.54) is 6.07 Å². The summed E-state index contributed by atoms with van der Waals surface area (Å²) in [4.78, 5) is 17.4. The van der Waals surface area contributed by atoms with E-state index in [0.717, 1.165) is 5.56 Å². The van der Waals surface area contributed by atoms with E-state index < -0.39 is 40.7 Å². The van der Waals surface area contributed by atoms with Crippen molar-refractivity contribution in [1.82, 2.24) is 4.98 Å². The first-order chi connectivity index (χ1) is 14.8. The number of hydrogen-bond acceptors (Lipinski definition) is 2. The predicted octanol–water partition coefficient (Wildman–Crippen LogP) is 6.16. The molecule has 3 nitrogen and oxygen atoms in total. The smallest absolute Gasteiger partial charge is 0.256 e. The maximum atomic E-state index is 14.0. The van der Waals surface area contributed by atoms with Crippen LogP contribution in [0.25, 0.3) is 22.2 Å². The molecule has 0 aliphatic carbocycles. The number of amides is 1. The summed E-state index contributed by atoms with van der Waals surface area (Å²) in [5.41, 5.74) is 1.01. The number of carbonyl (C=O) groups excluding carboxylic acids is 1. The number of rotatable bonds is 3. The fraction of sp³-hybridized carbons (Fsp3) is 0.0435. The summed E-state index contributed by atoms with van der Waals surface area (Å²) in [7, 11) is 0. The van der Waals surface area contributed by atoms with E-state index in [4.69, 9.17) is 0 Å². The maximum absolute atomic E-state index is 14.0. The lowest BCUT2D eigenvalue weighted by atomic mass is 10.0. The van der Waals surface area contributed by atoms with Crippen LogP contribution >= 0.6 is 0 Å². The first-order valence-corrected chi connectivity index (χ1v) is 9.07. The molecule has 0 saturated carbocycles. The fourth-order valence-corrected chi connectivity index (χ4v) is 3.21. The number of fused-ring (bicyclic) bond motifs is 1. The van der Waals surface area contributed by atoms with Gasteiger partial charge in [0, 0.05) is 10.9 Å². The van der Waals surface area contributed by atoms with Gasteiger partial charge in [-0.15, -0.1) is 0 Å². The molecule has 0 radical (unpaired) electrons. The Bertz CT molecular complexity index is 1320. The van der Waals surface area contributed by atoms with Crippen LogP contribution in [0.1, 0.15) is 15.9 Å². The van der Waals surface area contributed by atoms with Crippen LogP contribution in [0.4, 0.5) is 27.6 Å². The number of para-hydroxylation sites is 1. The number of aryl methyl sites for hydroxylation is 1. The molecule has 1 aromatic heterocycles. The van der Waals surface area contributed by atoms with Gasteiger partial charge in [-0.3, -0.25) is 4.79 Å². The third kappa shape index (κ3) is 3.61. The number of halogens is 5. The van der Waals surface area contributed by atoms with Crippen LogP contribution in [0, 0.1) is 36.0 Å². The summed E-state index contributed by atoms with van der Waals surface area (Å²) in [5, 5.41) is 2.17. The van der Waals surface area contributed by atoms with Gasteiger partial charge in [-0.25, -0.2) is 26.9 Å². The standard InChI is InChI=1S/C23H13F5N2O/c1-11-5-4-6-12(9-11)16-10-14(13-7-2-3-8-15(13)29-16)23(31)30-22-20(27)18(25)17(24)19(26)21(22)28/h2-10H,1H3,(H,30,31). The molecular weight excluding hydrogens is 415 g/mol. The largest absolute Gasteiger partial charge is 0.317 e. The van der Waals surface area contributed by atoms with Gasteiger partial charge in [0.1, 0.15) is 5.69 Å². The summed E-state index contributed by atoms with van der Waals surface area (Å²) in [6.07, 6.45) is 0. The Balaban J connectivity index is 1.86. The number of anilines is 1. The van der Waals surface area contributed by atoms with Gasteiger partial charge >= 0.3 is 0 Å². The number of nitrogens with zero attached hydrogens (tertiary/aromatic N) is 1. The molecule has 4 aromatic rings. The molecule has 8 heteroatoms. The number of carbonyl (C=O) groups is 1. The molecule has 0 unspecified atom stereocenters. The summed E-state index contributed by atoms with van der Waals surface area (Å²) in [6.45, 7) is 1.88. The summed E-state index contributed by atoms with van der Waals surface area (Å²) in [5.74, 6) is -11.9. The van der Waals surface area contributed by atoms with Crippen LogP contribution in [0.15, 0.2) is 54.6 Å². The van der Waals surface area contributed by atoms with E-state index in [0.29, 0.717) is 22.2 Å². The van der Waals surface area contributed by atoms with Gasteiger partial charge in [0.2, 0.25) is 5.82 Å². The molecule has 156 valence electrons. The van der Waals surface area contributed by atoms with E-state index in [9.17, 15) is 26.7 Å². The Hall–Kier alpha value is -3.81. The first kappa shape index (κ1) is 20.5. The molecule has 31 heavy (non-hydrogen) atoms. The lowest BCUT2D eigenvalue weighted by Gasteiger charge is -2.13. The zero-order valence-electron chi connectivity index (χ0n) is 15.9. The number of hydrogen-bond donors (Lipinski definition) is 1. The van der Waals surface area contributed by atoms with Crippen molar-refractivity contribution in [3.8, 4) is 11.3 Å². The van der Waals surface area contributed by atoms with Gasteiger partial charge in [-0.1, -0.05) is 42.0 Å². The second-order valence-electron chi connectivity index (χ2n) is 6.84. The Kier molecular flexibility index (Phi) is 5.14. The van der Waals surface area contributed by atoms with Crippen LogP contribution in [0.3, 0.4) is 0 Å². The minimum atomic E-state index is -2.30. The zero-order chi connectivity index (χ0) is 22.3. The molecular formula is C23H13F5N2O. The Morgan fingerprint density at radius 2 is 1.45 bits per heavy atom. The average molecular weight is 428 g/mol. The molecule has 3 aromatic carbocycles. The molecule has 0 saturated heterocycles. The highest BCUT2D eigenvalue weighted by Gasteiger charge is 2.27. The van der Waals surface area contributed by atoms with E-state index in [2.05, 4.69) is 4.98 Å². The van der Waals surface area contributed by atoms with Crippen LogP contribution in [-0.2, 0) is 0 Å². The van der Waals surface area contributed by atoms with Crippen LogP contribution in [-0.4, -0.2) is 10.9 Å². The van der Waals surface area contributed by atoms with Crippen LogP contribution in [0.2, 0.25) is 0 Å². The topological polar surface area (TPSA) is 42.0 Å². The Morgan fingerprint density at radius 1 is 0.806 bits per heavy atom. The number of benzene rings is 3. The lowest BCUT2D eigenvalue weighted by molar-refractivity contribution is 0.102. The molecule has 0 atom stereocenters. The molecule has 4 rings (SSSR count). The second kappa shape index (κ2) is 7.79. The van der Waals surface area contributed by atoms with Crippen molar-refractivity contribution >= 4 is 22.5 Å². The molecule has 0 aliphatic rings. The SMILES string of the molecule is Cc1cccc(-c2cc(C(=O)Nc3c(F)c(F)c(F)c(F)c3F)c3ccccc3n2)c1. The second-order valence-corrected chi connectivity index (χ2v) is 6.84. The van der Waals surface area contributed by atoms with E-state index >= 15 is 0 Å². The highest BCUT2D eigenvalue weighted by atomic mass is 19.2. The number of pyridine rings is 1. The van der Waals surface area contributed by atoms with Gasteiger partial charge < -0.3 is 5.32 Å². The monoisotopic (exact) mass is 428 g/mol. The normalized spacial score (nSPS) is 11.0. The molecule has 0 aliphatic heterocycles. The molecule has 0 bridgehead atoms. The van der Waals surface area contributed by atoms with Gasteiger partial charge in [0.15, 0.2) is 23.3 Å². The summed E-state index contributed by atoms with van der Waals surface area (Å²) < 4.78 is 68.4. The Morgan fingerprint density at radius 3 is 2.13 bits per heavy atom. The van der Waals surface area contributed by atoms with Crippen molar-refractivity contribution in [2.24, 2.45) is 0 Å². The van der Waals surface area contributed by atoms with Crippen LogP contribution in [0.5, 0.6) is 0 Å².